The van der Waals surface area contributed by atoms with E-state index in [1.807, 2.05) is 19.1 Å². The van der Waals surface area contributed by atoms with Crippen LogP contribution in [0.4, 0.5) is 11.4 Å². The van der Waals surface area contributed by atoms with Crippen LogP contribution in [0.1, 0.15) is 47.0 Å². The molecule has 0 atom stereocenters. The second-order valence-corrected chi connectivity index (χ2v) is 7.09. The van der Waals surface area contributed by atoms with E-state index in [4.69, 9.17) is 11.6 Å². The molecule has 0 spiro atoms. The van der Waals surface area contributed by atoms with Crippen molar-refractivity contribution in [2.24, 2.45) is 4.99 Å². The molecule has 5 nitrogen and oxygen atoms in total. The minimum atomic E-state index is -0.377. The molecule has 0 bridgehead atoms. The number of hydrogen-bond donors (Lipinski definition) is 1. The molecule has 0 saturated carbocycles. The van der Waals surface area contributed by atoms with Crippen LogP contribution in [-0.2, 0) is 9.59 Å². The Bertz CT molecular complexity index is 817. The Morgan fingerprint density at radius 2 is 1.71 bits per heavy atom. The average Bonchev–Trinajstić information content (AvgIpc) is 2.66. The number of benzene rings is 1. The van der Waals surface area contributed by atoms with Crippen molar-refractivity contribution in [1.29, 1.82) is 0 Å². The summed E-state index contributed by atoms with van der Waals surface area (Å²) in [4.78, 5) is 30.8. The lowest BCUT2D eigenvalue weighted by Gasteiger charge is -2.23. The van der Waals surface area contributed by atoms with Crippen LogP contribution in [-0.4, -0.2) is 30.5 Å². The fourth-order valence-electron chi connectivity index (χ4n) is 3.16. The van der Waals surface area contributed by atoms with Gasteiger partial charge < -0.3 is 10.2 Å². The van der Waals surface area contributed by atoms with E-state index in [1.165, 1.54) is 12.6 Å². The molecule has 0 unspecified atom stereocenters. The number of nitrogens with zero attached hydrogens (tertiary/aromatic N) is 2. The number of anilines is 1. The van der Waals surface area contributed by atoms with E-state index in [0.29, 0.717) is 17.7 Å². The second kappa shape index (κ2) is 10.2. The maximum Gasteiger partial charge on any atom is 0.221 e. The molecule has 1 aromatic carbocycles. The van der Waals surface area contributed by atoms with E-state index in [0.717, 1.165) is 31.6 Å². The third-order valence-electron chi connectivity index (χ3n) is 4.41. The highest BCUT2D eigenvalue weighted by Gasteiger charge is 2.25. The average molecular weight is 402 g/mol. The molecule has 1 aromatic rings. The molecule has 1 N–H and O–H groups in total. The first-order valence-corrected chi connectivity index (χ1v) is 10.2. The number of halogens is 1. The van der Waals surface area contributed by atoms with Gasteiger partial charge in [0.2, 0.25) is 11.7 Å². The van der Waals surface area contributed by atoms with E-state index >= 15 is 0 Å². The minimum Gasteiger partial charge on any atom is -0.372 e. The van der Waals surface area contributed by atoms with Crippen molar-refractivity contribution in [2.45, 2.75) is 47.0 Å². The highest BCUT2D eigenvalue weighted by Crippen LogP contribution is 2.27. The molecule has 1 aliphatic rings. The van der Waals surface area contributed by atoms with Crippen LogP contribution in [0, 0.1) is 0 Å². The van der Waals surface area contributed by atoms with Crippen molar-refractivity contribution in [3.8, 4) is 0 Å². The van der Waals surface area contributed by atoms with Crippen molar-refractivity contribution >= 4 is 40.4 Å². The zero-order chi connectivity index (χ0) is 20.7. The summed E-state index contributed by atoms with van der Waals surface area (Å²) >= 11 is 6.26. The van der Waals surface area contributed by atoms with Crippen molar-refractivity contribution < 1.29 is 9.59 Å². The Morgan fingerprint density at radius 3 is 2.21 bits per heavy atom. The highest BCUT2D eigenvalue weighted by atomic mass is 35.5. The van der Waals surface area contributed by atoms with E-state index < -0.39 is 0 Å². The van der Waals surface area contributed by atoms with Gasteiger partial charge in [0.05, 0.1) is 22.1 Å². The summed E-state index contributed by atoms with van der Waals surface area (Å²) in [6, 6.07) is 8.05. The summed E-state index contributed by atoms with van der Waals surface area (Å²) in [6.45, 7) is 9.67. The van der Waals surface area contributed by atoms with Gasteiger partial charge in [-0.3, -0.25) is 9.59 Å². The number of aliphatic imine (C=N–C) groups is 1. The molecular weight excluding hydrogens is 374 g/mol. The summed E-state index contributed by atoms with van der Waals surface area (Å²) < 4.78 is 0. The van der Waals surface area contributed by atoms with Crippen molar-refractivity contribution in [1.82, 2.24) is 5.32 Å². The van der Waals surface area contributed by atoms with Gasteiger partial charge in [-0.2, -0.15) is 0 Å². The van der Waals surface area contributed by atoms with Gasteiger partial charge in [0.25, 0.3) is 0 Å². The van der Waals surface area contributed by atoms with Gasteiger partial charge in [0.1, 0.15) is 0 Å². The van der Waals surface area contributed by atoms with Gasteiger partial charge >= 0.3 is 0 Å². The Morgan fingerprint density at radius 1 is 1.11 bits per heavy atom. The topological polar surface area (TPSA) is 61.8 Å². The largest absolute Gasteiger partial charge is 0.372 e. The number of amides is 1. The van der Waals surface area contributed by atoms with Crippen LogP contribution < -0.4 is 10.2 Å². The molecule has 0 saturated heterocycles. The third kappa shape index (κ3) is 5.32. The Hall–Kier alpha value is -2.40. The quantitative estimate of drug-likeness (QED) is 0.630. The maximum atomic E-state index is 12.3. The van der Waals surface area contributed by atoms with Gasteiger partial charge in [0, 0.05) is 31.3 Å². The fraction of sp³-hybridized carbons (Fsp3) is 0.409. The molecule has 6 heteroatoms. The second-order valence-electron chi connectivity index (χ2n) is 6.71. The molecule has 150 valence electrons. The number of ketones is 1. The summed E-state index contributed by atoms with van der Waals surface area (Å²) in [7, 11) is 0. The fourth-order valence-corrected chi connectivity index (χ4v) is 3.49. The van der Waals surface area contributed by atoms with Gasteiger partial charge in [-0.15, -0.1) is 0 Å². The number of hydrogen-bond acceptors (Lipinski definition) is 4. The van der Waals surface area contributed by atoms with Crippen LogP contribution in [0.2, 0.25) is 0 Å². The molecule has 0 heterocycles. The minimum absolute atomic E-state index is 0.112. The van der Waals surface area contributed by atoms with Crippen molar-refractivity contribution in [2.75, 3.05) is 18.0 Å². The molecule has 28 heavy (non-hydrogen) atoms. The van der Waals surface area contributed by atoms with Crippen LogP contribution in [0.3, 0.4) is 0 Å². The third-order valence-corrected chi connectivity index (χ3v) is 4.81. The van der Waals surface area contributed by atoms with E-state index in [-0.39, 0.29) is 22.4 Å². The van der Waals surface area contributed by atoms with Gasteiger partial charge in [-0.25, -0.2) is 4.99 Å². The summed E-state index contributed by atoms with van der Waals surface area (Å²) in [5.74, 6) is -0.697. The first-order valence-electron chi connectivity index (χ1n) is 9.77. The van der Waals surface area contributed by atoms with Gasteiger partial charge in [-0.1, -0.05) is 32.4 Å². The number of carbonyl (C=O) groups is 2. The molecule has 2 rings (SSSR count). The summed E-state index contributed by atoms with van der Waals surface area (Å²) in [6.07, 6.45) is 4.37. The SMILES string of the molecule is CCCN(CCC)c1ccc(N=C2C=C(NC(C)=O)C(=O)C(Cl)=C2CC)cc1. The molecule has 1 amide bonds. The maximum absolute atomic E-state index is 12.3. The number of allylic oxidation sites excluding steroid dienone is 3. The molecular formula is C22H28ClN3O2. The van der Waals surface area contributed by atoms with Crippen LogP contribution in [0.5, 0.6) is 0 Å². The predicted molar refractivity (Wildman–Crippen MR) is 116 cm³/mol. The molecule has 0 fully saturated rings. The lowest BCUT2D eigenvalue weighted by Crippen LogP contribution is -2.29. The van der Waals surface area contributed by atoms with Gasteiger partial charge in [0.15, 0.2) is 0 Å². The Balaban J connectivity index is 2.36. The van der Waals surface area contributed by atoms with Crippen molar-refractivity contribution in [3.05, 3.63) is 46.6 Å². The Kier molecular flexibility index (Phi) is 8.00. The van der Waals surface area contributed by atoms with E-state index in [1.54, 1.807) is 6.08 Å². The zero-order valence-electron chi connectivity index (χ0n) is 17.0. The normalized spacial score (nSPS) is 15.7. The monoisotopic (exact) mass is 401 g/mol. The first kappa shape index (κ1) is 21.9. The van der Waals surface area contributed by atoms with Crippen LogP contribution in [0.15, 0.2) is 51.6 Å². The number of carbonyl (C=O) groups excluding carboxylic acids is 2. The predicted octanol–water partition coefficient (Wildman–Crippen LogP) is 4.89. The molecule has 1 aliphatic carbocycles. The molecule has 0 aromatic heterocycles. The summed E-state index contributed by atoms with van der Waals surface area (Å²) in [5.41, 5.74) is 3.38. The highest BCUT2D eigenvalue weighted by molar-refractivity contribution is 6.49. The number of Topliss-reactive ketones (excluding diaryl/α,β-unsaturated/α-hetero) is 1. The number of rotatable bonds is 8. The van der Waals surface area contributed by atoms with Crippen LogP contribution >= 0.6 is 11.6 Å². The van der Waals surface area contributed by atoms with Crippen LogP contribution in [0.25, 0.3) is 0 Å². The zero-order valence-corrected chi connectivity index (χ0v) is 17.8. The summed E-state index contributed by atoms with van der Waals surface area (Å²) in [5, 5.41) is 2.65. The molecule has 0 aliphatic heterocycles. The number of nitrogens with one attached hydrogen (secondary N) is 1. The van der Waals surface area contributed by atoms with Gasteiger partial charge in [-0.05, 0) is 49.6 Å². The molecule has 0 radical (unpaired) electrons. The standard InChI is InChI=1S/C22H28ClN3O2/c1-5-12-26(13-6-2)17-10-8-16(9-11-17)25-19-14-20(24-15(4)27)22(28)21(23)18(19)7-3/h8-11,14H,5-7,12-13H2,1-4H3,(H,24,27). The first-order chi connectivity index (χ1) is 13.4. The van der Waals surface area contributed by atoms with E-state index in [9.17, 15) is 9.59 Å². The van der Waals surface area contributed by atoms with Crippen molar-refractivity contribution in [3.63, 3.8) is 0 Å². The van der Waals surface area contributed by atoms with E-state index in [2.05, 4.69) is 41.2 Å². The Labute approximate surface area is 172 Å². The lowest BCUT2D eigenvalue weighted by atomic mass is 9.97. The lowest BCUT2D eigenvalue weighted by molar-refractivity contribution is -0.120. The smallest absolute Gasteiger partial charge is 0.221 e.